The summed E-state index contributed by atoms with van der Waals surface area (Å²) in [5, 5.41) is 0. The van der Waals surface area contributed by atoms with Crippen molar-refractivity contribution in [2.45, 2.75) is 26.4 Å². The Morgan fingerprint density at radius 1 is 1.73 bits per heavy atom. The molecule has 64 valence electrons. The van der Waals surface area contributed by atoms with Gasteiger partial charge in [-0.05, 0) is 12.3 Å². The number of hydrogen-bond donors (Lipinski definition) is 0. The minimum atomic E-state index is -0.229. The molecule has 1 aliphatic heterocycles. The van der Waals surface area contributed by atoms with Crippen molar-refractivity contribution >= 4 is 5.97 Å². The van der Waals surface area contributed by atoms with Crippen molar-refractivity contribution in [3.8, 4) is 0 Å². The maximum atomic E-state index is 10.4. The van der Waals surface area contributed by atoms with Gasteiger partial charge in [-0.25, -0.2) is 0 Å². The highest BCUT2D eigenvalue weighted by molar-refractivity contribution is 5.65. The van der Waals surface area contributed by atoms with E-state index in [1.54, 1.807) is 0 Å². The summed E-state index contributed by atoms with van der Waals surface area (Å²) in [6.45, 7) is 4.74. The molecule has 3 nitrogen and oxygen atoms in total. The van der Waals surface area contributed by atoms with E-state index in [-0.39, 0.29) is 12.1 Å². The third-order valence-corrected chi connectivity index (χ3v) is 1.99. The van der Waals surface area contributed by atoms with Crippen molar-refractivity contribution < 1.29 is 14.3 Å². The van der Waals surface area contributed by atoms with E-state index in [9.17, 15) is 4.79 Å². The Hall–Kier alpha value is -0.570. The third kappa shape index (κ3) is 2.50. The number of carbonyl (C=O) groups is 1. The van der Waals surface area contributed by atoms with Crippen molar-refractivity contribution in [1.29, 1.82) is 0 Å². The van der Waals surface area contributed by atoms with Gasteiger partial charge in [0.1, 0.15) is 6.61 Å². The average molecular weight is 158 g/mol. The van der Waals surface area contributed by atoms with Crippen LogP contribution in [-0.2, 0) is 14.3 Å². The summed E-state index contributed by atoms with van der Waals surface area (Å²) in [6, 6.07) is 0. The summed E-state index contributed by atoms with van der Waals surface area (Å²) in [7, 11) is 0. The third-order valence-electron chi connectivity index (χ3n) is 1.99. The highest BCUT2D eigenvalue weighted by Gasteiger charge is 2.24. The lowest BCUT2D eigenvalue weighted by Crippen LogP contribution is -2.21. The molecule has 1 saturated heterocycles. The quantitative estimate of drug-likeness (QED) is 0.562. The first-order valence-corrected chi connectivity index (χ1v) is 3.95. The maximum absolute atomic E-state index is 10.4. The van der Waals surface area contributed by atoms with Crippen LogP contribution in [0.3, 0.4) is 0 Å². The highest BCUT2D eigenvalue weighted by Crippen LogP contribution is 2.19. The summed E-state index contributed by atoms with van der Waals surface area (Å²) >= 11 is 0. The highest BCUT2D eigenvalue weighted by atomic mass is 16.6. The Labute approximate surface area is 66.7 Å². The van der Waals surface area contributed by atoms with Crippen molar-refractivity contribution in [3.05, 3.63) is 0 Å². The molecule has 0 bridgehead atoms. The van der Waals surface area contributed by atoms with Gasteiger partial charge in [0.15, 0.2) is 0 Å². The molecule has 0 spiro atoms. The summed E-state index contributed by atoms with van der Waals surface area (Å²) in [5.74, 6) is 0.294. The lowest BCUT2D eigenvalue weighted by molar-refractivity contribution is -0.144. The number of hydrogen-bond acceptors (Lipinski definition) is 3. The smallest absolute Gasteiger partial charge is 0.302 e. The van der Waals surface area contributed by atoms with E-state index in [2.05, 4.69) is 6.92 Å². The molecule has 2 atom stereocenters. The molecule has 0 amide bonds. The van der Waals surface area contributed by atoms with Crippen molar-refractivity contribution in [3.63, 3.8) is 0 Å². The van der Waals surface area contributed by atoms with Crippen LogP contribution in [0.1, 0.15) is 20.3 Å². The summed E-state index contributed by atoms with van der Waals surface area (Å²) in [4.78, 5) is 10.4. The topological polar surface area (TPSA) is 35.5 Å². The normalized spacial score (nSPS) is 30.4. The zero-order valence-electron chi connectivity index (χ0n) is 7.00. The number of esters is 1. The Kier molecular flexibility index (Phi) is 2.88. The molecular formula is C8H14O3. The standard InChI is InChI=1S/C8H14O3/c1-6-3-4-10-8(6)5-11-7(2)9/h6,8H,3-5H2,1-2H3/t6-,8-/m1/s1. The van der Waals surface area contributed by atoms with Crippen LogP contribution in [0.5, 0.6) is 0 Å². The predicted molar refractivity (Wildman–Crippen MR) is 40.2 cm³/mol. The monoisotopic (exact) mass is 158 g/mol. The minimum Gasteiger partial charge on any atom is -0.463 e. The molecule has 0 radical (unpaired) electrons. The van der Waals surface area contributed by atoms with Crippen LogP contribution in [0.2, 0.25) is 0 Å². The van der Waals surface area contributed by atoms with Gasteiger partial charge in [0.2, 0.25) is 0 Å². The summed E-state index contributed by atoms with van der Waals surface area (Å²) in [5.41, 5.74) is 0. The van der Waals surface area contributed by atoms with Gasteiger partial charge in [-0.2, -0.15) is 0 Å². The number of carbonyl (C=O) groups excluding carboxylic acids is 1. The Morgan fingerprint density at radius 3 is 2.91 bits per heavy atom. The van der Waals surface area contributed by atoms with Crippen LogP contribution >= 0.6 is 0 Å². The molecule has 0 aromatic rings. The van der Waals surface area contributed by atoms with Crippen molar-refractivity contribution in [1.82, 2.24) is 0 Å². The molecule has 0 aromatic heterocycles. The molecule has 0 saturated carbocycles. The lowest BCUT2D eigenvalue weighted by atomic mass is 10.1. The zero-order valence-corrected chi connectivity index (χ0v) is 7.00. The number of rotatable bonds is 2. The van der Waals surface area contributed by atoms with Crippen LogP contribution in [0.15, 0.2) is 0 Å². The van der Waals surface area contributed by atoms with Gasteiger partial charge in [-0.15, -0.1) is 0 Å². The second kappa shape index (κ2) is 3.72. The molecular weight excluding hydrogens is 144 g/mol. The molecule has 0 aliphatic carbocycles. The fourth-order valence-electron chi connectivity index (χ4n) is 1.17. The predicted octanol–water partition coefficient (Wildman–Crippen LogP) is 0.974. The summed E-state index contributed by atoms with van der Waals surface area (Å²) in [6.07, 6.45) is 1.20. The minimum absolute atomic E-state index is 0.124. The second-order valence-corrected chi connectivity index (χ2v) is 2.98. The number of ether oxygens (including phenoxy) is 2. The zero-order chi connectivity index (χ0) is 8.27. The van der Waals surface area contributed by atoms with Gasteiger partial charge < -0.3 is 9.47 Å². The maximum Gasteiger partial charge on any atom is 0.302 e. The average Bonchev–Trinajstić information content (AvgIpc) is 2.31. The van der Waals surface area contributed by atoms with Crippen LogP contribution < -0.4 is 0 Å². The lowest BCUT2D eigenvalue weighted by Gasteiger charge is -2.13. The van der Waals surface area contributed by atoms with E-state index in [0.717, 1.165) is 13.0 Å². The fourth-order valence-corrected chi connectivity index (χ4v) is 1.17. The molecule has 0 N–H and O–H groups in total. The molecule has 1 heterocycles. The van der Waals surface area contributed by atoms with E-state index >= 15 is 0 Å². The fraction of sp³-hybridized carbons (Fsp3) is 0.875. The van der Waals surface area contributed by atoms with Crippen LogP contribution in [0.25, 0.3) is 0 Å². The first-order valence-electron chi connectivity index (χ1n) is 3.95. The van der Waals surface area contributed by atoms with Gasteiger partial charge in [0, 0.05) is 13.5 Å². The van der Waals surface area contributed by atoms with Gasteiger partial charge >= 0.3 is 5.97 Å². The molecule has 0 aromatic carbocycles. The molecule has 1 rings (SSSR count). The molecule has 11 heavy (non-hydrogen) atoms. The first kappa shape index (κ1) is 8.53. The van der Waals surface area contributed by atoms with Gasteiger partial charge in [0.25, 0.3) is 0 Å². The van der Waals surface area contributed by atoms with Gasteiger partial charge in [-0.3, -0.25) is 4.79 Å². The SMILES string of the molecule is CC(=O)OC[C@H]1OCC[C@H]1C. The van der Waals surface area contributed by atoms with E-state index < -0.39 is 0 Å². The van der Waals surface area contributed by atoms with Crippen LogP contribution in [0, 0.1) is 5.92 Å². The van der Waals surface area contributed by atoms with Crippen LogP contribution in [-0.4, -0.2) is 25.3 Å². The van der Waals surface area contributed by atoms with Crippen molar-refractivity contribution in [2.75, 3.05) is 13.2 Å². The van der Waals surface area contributed by atoms with Crippen molar-refractivity contribution in [2.24, 2.45) is 5.92 Å². The Bertz CT molecular complexity index is 144. The summed E-state index contributed by atoms with van der Waals surface area (Å²) < 4.78 is 10.2. The van der Waals surface area contributed by atoms with E-state index in [0.29, 0.717) is 12.5 Å². The van der Waals surface area contributed by atoms with E-state index in [4.69, 9.17) is 9.47 Å². The molecule has 1 aliphatic rings. The van der Waals surface area contributed by atoms with E-state index in [1.807, 2.05) is 0 Å². The second-order valence-electron chi connectivity index (χ2n) is 2.98. The largest absolute Gasteiger partial charge is 0.463 e. The van der Waals surface area contributed by atoms with Gasteiger partial charge in [0.05, 0.1) is 6.10 Å². The van der Waals surface area contributed by atoms with Crippen LogP contribution in [0.4, 0.5) is 0 Å². The Balaban J connectivity index is 2.20. The molecule has 1 fully saturated rings. The van der Waals surface area contributed by atoms with E-state index in [1.165, 1.54) is 6.92 Å². The molecule has 0 unspecified atom stereocenters. The van der Waals surface area contributed by atoms with Gasteiger partial charge in [-0.1, -0.05) is 6.92 Å². The first-order chi connectivity index (χ1) is 5.20. The molecule has 3 heteroatoms. The Morgan fingerprint density at radius 2 is 2.45 bits per heavy atom.